The topological polar surface area (TPSA) is 87.0 Å². The summed E-state index contributed by atoms with van der Waals surface area (Å²) < 4.78 is 8.40. The Bertz CT molecular complexity index is 1170. The molecule has 2 aromatic carbocycles. The van der Waals surface area contributed by atoms with E-state index in [9.17, 15) is 9.90 Å². The lowest BCUT2D eigenvalue weighted by Crippen LogP contribution is -2.10. The van der Waals surface area contributed by atoms with Crippen LogP contribution in [0.3, 0.4) is 0 Å². The first kappa shape index (κ1) is 23.0. The van der Waals surface area contributed by atoms with Gasteiger partial charge in [0.25, 0.3) is 0 Å². The van der Waals surface area contributed by atoms with Crippen molar-refractivity contribution in [3.8, 4) is 11.6 Å². The molecule has 30 heavy (non-hydrogen) atoms. The Balaban J connectivity index is 1.83. The number of carbonyl (C=O) groups is 1. The van der Waals surface area contributed by atoms with Gasteiger partial charge in [0, 0.05) is 14.3 Å². The molecule has 0 saturated heterocycles. The predicted molar refractivity (Wildman–Crippen MR) is 128 cm³/mol. The van der Waals surface area contributed by atoms with Gasteiger partial charge in [-0.15, -0.1) is 10.2 Å². The SMILES string of the molecule is Cc1c(Br)cc(C(C)C)c(OCC(=O)N=Nc2c(O)[nH]c3c(C)cc(Br)cc23)c1Br. The van der Waals surface area contributed by atoms with Crippen molar-refractivity contribution < 1.29 is 14.6 Å². The molecule has 158 valence electrons. The maximum Gasteiger partial charge on any atom is 0.302 e. The Morgan fingerprint density at radius 2 is 1.90 bits per heavy atom. The minimum absolute atomic E-state index is 0.142. The number of carbonyl (C=O) groups excluding carboxylic acids is 1. The molecule has 9 heteroatoms. The summed E-state index contributed by atoms with van der Waals surface area (Å²) in [5.74, 6) is 0.119. The number of aromatic hydroxyl groups is 1. The highest BCUT2D eigenvalue weighted by Crippen LogP contribution is 2.41. The molecular weight excluding hydrogens is 582 g/mol. The van der Waals surface area contributed by atoms with E-state index in [2.05, 4.69) is 76.8 Å². The zero-order valence-corrected chi connectivity index (χ0v) is 21.6. The molecule has 0 radical (unpaired) electrons. The number of amides is 1. The van der Waals surface area contributed by atoms with Crippen molar-refractivity contribution in [1.29, 1.82) is 0 Å². The van der Waals surface area contributed by atoms with Gasteiger partial charge in [-0.3, -0.25) is 4.79 Å². The van der Waals surface area contributed by atoms with Gasteiger partial charge in [-0.2, -0.15) is 0 Å². The first-order chi connectivity index (χ1) is 14.1. The highest BCUT2D eigenvalue weighted by atomic mass is 79.9. The fourth-order valence-corrected chi connectivity index (χ4v) is 4.90. The average Bonchev–Trinajstić information content (AvgIpc) is 2.99. The summed E-state index contributed by atoms with van der Waals surface area (Å²) in [5.41, 5.74) is 3.84. The van der Waals surface area contributed by atoms with Crippen LogP contribution in [0.2, 0.25) is 0 Å². The van der Waals surface area contributed by atoms with Crippen LogP contribution in [0.5, 0.6) is 11.6 Å². The van der Waals surface area contributed by atoms with E-state index in [4.69, 9.17) is 4.74 Å². The van der Waals surface area contributed by atoms with Crippen LogP contribution >= 0.6 is 47.8 Å². The van der Waals surface area contributed by atoms with Crippen molar-refractivity contribution in [3.05, 3.63) is 48.3 Å². The molecule has 3 aromatic rings. The van der Waals surface area contributed by atoms with E-state index in [-0.39, 0.29) is 24.1 Å². The van der Waals surface area contributed by atoms with Crippen LogP contribution in [-0.4, -0.2) is 22.6 Å². The third-order valence-electron chi connectivity index (χ3n) is 4.68. The Kier molecular flexibility index (Phi) is 7.04. The number of hydrogen-bond acceptors (Lipinski definition) is 4. The fraction of sp³-hybridized carbons (Fsp3) is 0.286. The first-order valence-corrected chi connectivity index (χ1v) is 11.5. The zero-order chi connectivity index (χ0) is 22.2. The minimum atomic E-state index is -0.558. The van der Waals surface area contributed by atoms with Gasteiger partial charge < -0.3 is 14.8 Å². The lowest BCUT2D eigenvalue weighted by molar-refractivity contribution is -0.120. The van der Waals surface area contributed by atoms with Crippen LogP contribution in [0.15, 0.2) is 41.8 Å². The molecule has 1 heterocycles. The summed E-state index contributed by atoms with van der Waals surface area (Å²) >= 11 is 10.5. The Morgan fingerprint density at radius 3 is 2.57 bits per heavy atom. The highest BCUT2D eigenvalue weighted by molar-refractivity contribution is 9.11. The van der Waals surface area contributed by atoms with Crippen LogP contribution in [0.1, 0.15) is 36.5 Å². The van der Waals surface area contributed by atoms with E-state index >= 15 is 0 Å². The second kappa shape index (κ2) is 9.20. The number of rotatable bonds is 5. The van der Waals surface area contributed by atoms with E-state index < -0.39 is 5.91 Å². The summed E-state index contributed by atoms with van der Waals surface area (Å²) in [4.78, 5) is 15.2. The number of aryl methyl sites for hydroxylation is 1. The quantitative estimate of drug-likeness (QED) is 0.295. The van der Waals surface area contributed by atoms with E-state index in [0.29, 0.717) is 11.1 Å². The summed E-state index contributed by atoms with van der Waals surface area (Å²) in [6.45, 7) is 7.70. The molecule has 3 rings (SSSR count). The van der Waals surface area contributed by atoms with Gasteiger partial charge >= 0.3 is 5.91 Å². The predicted octanol–water partition coefficient (Wildman–Crippen LogP) is 7.59. The molecule has 0 atom stereocenters. The number of hydrogen-bond donors (Lipinski definition) is 2. The Morgan fingerprint density at radius 1 is 1.20 bits per heavy atom. The Hall–Kier alpha value is -1.71. The Labute approximate surface area is 199 Å². The maximum absolute atomic E-state index is 12.3. The van der Waals surface area contributed by atoms with E-state index in [1.165, 1.54) is 0 Å². The molecule has 1 aromatic heterocycles. The van der Waals surface area contributed by atoms with Gasteiger partial charge in [0.15, 0.2) is 12.3 Å². The normalized spacial score (nSPS) is 11.7. The number of fused-ring (bicyclic) bond motifs is 1. The van der Waals surface area contributed by atoms with Gasteiger partial charge in [0.2, 0.25) is 5.88 Å². The largest absolute Gasteiger partial charge is 0.493 e. The van der Waals surface area contributed by atoms with Gasteiger partial charge in [-0.05, 0) is 70.6 Å². The van der Waals surface area contributed by atoms with Gasteiger partial charge in [0.1, 0.15) is 5.75 Å². The smallest absolute Gasteiger partial charge is 0.302 e. The van der Waals surface area contributed by atoms with E-state index in [1.807, 2.05) is 32.0 Å². The average molecular weight is 602 g/mol. The molecule has 0 aliphatic heterocycles. The summed E-state index contributed by atoms with van der Waals surface area (Å²) in [5, 5.41) is 18.6. The van der Waals surface area contributed by atoms with Crippen LogP contribution in [-0.2, 0) is 4.79 Å². The molecule has 0 spiro atoms. The zero-order valence-electron chi connectivity index (χ0n) is 16.8. The second-order valence-corrected chi connectivity index (χ2v) is 9.78. The number of benzene rings is 2. The molecule has 0 unspecified atom stereocenters. The van der Waals surface area contributed by atoms with Crippen LogP contribution < -0.4 is 4.74 Å². The summed E-state index contributed by atoms with van der Waals surface area (Å²) in [7, 11) is 0. The number of nitrogens with zero attached hydrogens (tertiary/aromatic N) is 2. The van der Waals surface area contributed by atoms with Crippen LogP contribution in [0.4, 0.5) is 5.69 Å². The second-order valence-electron chi connectivity index (χ2n) is 7.22. The molecule has 0 saturated carbocycles. The molecule has 0 fully saturated rings. The lowest BCUT2D eigenvalue weighted by Gasteiger charge is -2.17. The molecule has 0 aliphatic carbocycles. The number of H-pyrrole nitrogens is 1. The number of ether oxygens (including phenoxy) is 1. The number of azo groups is 1. The van der Waals surface area contributed by atoms with Gasteiger partial charge in [-0.25, -0.2) is 0 Å². The molecule has 1 amide bonds. The minimum Gasteiger partial charge on any atom is -0.493 e. The van der Waals surface area contributed by atoms with Gasteiger partial charge in [0.05, 0.1) is 9.99 Å². The van der Waals surface area contributed by atoms with Crippen molar-refractivity contribution in [2.45, 2.75) is 33.6 Å². The molecule has 0 aliphatic rings. The van der Waals surface area contributed by atoms with E-state index in [1.54, 1.807) is 0 Å². The molecule has 0 bridgehead atoms. The molecular formula is C21H20Br3N3O3. The van der Waals surface area contributed by atoms with Crippen molar-refractivity contribution in [2.75, 3.05) is 6.61 Å². The number of halogens is 3. The maximum atomic E-state index is 12.3. The third-order valence-corrected chi connectivity index (χ3v) is 6.91. The highest BCUT2D eigenvalue weighted by Gasteiger charge is 2.18. The summed E-state index contributed by atoms with van der Waals surface area (Å²) in [6, 6.07) is 5.73. The van der Waals surface area contributed by atoms with E-state index in [0.717, 1.165) is 35.6 Å². The van der Waals surface area contributed by atoms with Crippen LogP contribution in [0, 0.1) is 13.8 Å². The first-order valence-electron chi connectivity index (χ1n) is 9.16. The molecule has 2 N–H and O–H groups in total. The third kappa shape index (κ3) is 4.63. The standard InChI is InChI=1S/C21H20Br3N3O3/c1-9(2)13-7-15(23)11(4)17(24)20(13)30-8-16(28)26-27-19-14-6-12(22)5-10(3)18(14)25-21(19)29/h5-7,9,25,29H,8H2,1-4H3. The van der Waals surface area contributed by atoms with Crippen LogP contribution in [0.25, 0.3) is 10.9 Å². The van der Waals surface area contributed by atoms with Gasteiger partial charge in [-0.1, -0.05) is 45.7 Å². The van der Waals surface area contributed by atoms with Crippen molar-refractivity contribution >= 4 is 70.3 Å². The lowest BCUT2D eigenvalue weighted by atomic mass is 10.0. The van der Waals surface area contributed by atoms with Crippen molar-refractivity contribution in [2.24, 2.45) is 10.2 Å². The van der Waals surface area contributed by atoms with Crippen molar-refractivity contribution in [3.63, 3.8) is 0 Å². The fourth-order valence-electron chi connectivity index (χ4n) is 3.06. The number of nitrogens with one attached hydrogen (secondary N) is 1. The number of aromatic amines is 1. The van der Waals surface area contributed by atoms with Crippen molar-refractivity contribution in [1.82, 2.24) is 4.98 Å². The molecule has 6 nitrogen and oxygen atoms in total. The number of aromatic nitrogens is 1. The summed E-state index contributed by atoms with van der Waals surface area (Å²) in [6.07, 6.45) is 0. The monoisotopic (exact) mass is 599 g/mol.